The highest BCUT2D eigenvalue weighted by Gasteiger charge is 2.22. The summed E-state index contributed by atoms with van der Waals surface area (Å²) in [6, 6.07) is 1.77. The molecule has 0 aromatic heterocycles. The molecule has 1 aromatic rings. The molecule has 1 aliphatic carbocycles. The average Bonchev–Trinajstić information content (AvgIpc) is 2.90. The number of nitrogens with one attached hydrogen (secondary N) is 1. The minimum atomic E-state index is -1.14. The molecule has 0 amide bonds. The average molecular weight is 284 g/mol. The van der Waals surface area contributed by atoms with Crippen molar-refractivity contribution in [3.63, 3.8) is 0 Å². The van der Waals surface area contributed by atoms with Crippen molar-refractivity contribution in [2.24, 2.45) is 5.92 Å². The maximum atomic E-state index is 13.6. The van der Waals surface area contributed by atoms with E-state index in [2.05, 4.69) is 5.32 Å². The zero-order valence-electron chi connectivity index (χ0n) is 11.4. The number of hydrogen-bond donors (Lipinski definition) is 1. The van der Waals surface area contributed by atoms with Crippen molar-refractivity contribution in [2.75, 3.05) is 0 Å². The fourth-order valence-electron chi connectivity index (χ4n) is 2.75. The van der Waals surface area contributed by atoms with Gasteiger partial charge >= 0.3 is 5.69 Å². The third kappa shape index (κ3) is 3.30. The highest BCUT2D eigenvalue weighted by molar-refractivity contribution is 5.37. The zero-order chi connectivity index (χ0) is 14.7. The third-order valence-corrected chi connectivity index (χ3v) is 4.03. The van der Waals surface area contributed by atoms with Crippen LogP contribution >= 0.6 is 0 Å². The molecule has 1 aliphatic rings. The second kappa shape index (κ2) is 6.26. The Morgan fingerprint density at radius 2 is 2.00 bits per heavy atom. The second-order valence-electron chi connectivity index (χ2n) is 5.37. The van der Waals surface area contributed by atoms with E-state index in [-0.39, 0.29) is 18.2 Å². The Hall–Kier alpha value is -1.56. The molecule has 0 saturated heterocycles. The summed E-state index contributed by atoms with van der Waals surface area (Å²) in [6.07, 6.45) is 4.74. The summed E-state index contributed by atoms with van der Waals surface area (Å²) in [7, 11) is 0. The van der Waals surface area contributed by atoms with Crippen LogP contribution in [0.2, 0.25) is 0 Å². The fraction of sp³-hybridized carbons (Fsp3) is 0.571. The highest BCUT2D eigenvalue weighted by atomic mass is 19.1. The second-order valence-corrected chi connectivity index (χ2v) is 5.37. The standard InChI is InChI=1S/C14H18F2N2O2/c1-9(10-4-2-3-5-10)17-8-11-6-14(18(19)20)13(16)7-12(11)15/h6-7,9-10,17H,2-5,8H2,1H3/t9-/m1/s1. The van der Waals surface area contributed by atoms with Crippen LogP contribution in [0, 0.1) is 27.7 Å². The van der Waals surface area contributed by atoms with Gasteiger partial charge in [0, 0.05) is 30.3 Å². The lowest BCUT2D eigenvalue weighted by molar-refractivity contribution is -0.387. The maximum absolute atomic E-state index is 13.6. The predicted octanol–water partition coefficient (Wildman–Crippen LogP) is 3.54. The van der Waals surface area contributed by atoms with Gasteiger partial charge in [-0.1, -0.05) is 12.8 Å². The fourth-order valence-corrected chi connectivity index (χ4v) is 2.75. The van der Waals surface area contributed by atoms with Crippen molar-refractivity contribution in [3.8, 4) is 0 Å². The van der Waals surface area contributed by atoms with Gasteiger partial charge in [-0.05, 0) is 25.7 Å². The van der Waals surface area contributed by atoms with Crippen molar-refractivity contribution in [1.82, 2.24) is 5.32 Å². The molecule has 20 heavy (non-hydrogen) atoms. The quantitative estimate of drug-likeness (QED) is 0.664. The first-order valence-electron chi connectivity index (χ1n) is 6.84. The van der Waals surface area contributed by atoms with Gasteiger partial charge in [-0.15, -0.1) is 0 Å². The van der Waals surface area contributed by atoms with Crippen LogP contribution in [0.1, 0.15) is 38.2 Å². The number of hydrogen-bond acceptors (Lipinski definition) is 3. The Morgan fingerprint density at radius 1 is 1.35 bits per heavy atom. The van der Waals surface area contributed by atoms with Crippen LogP contribution in [0.5, 0.6) is 0 Å². The van der Waals surface area contributed by atoms with E-state index in [0.29, 0.717) is 12.0 Å². The predicted molar refractivity (Wildman–Crippen MR) is 71.3 cm³/mol. The van der Waals surface area contributed by atoms with Gasteiger partial charge < -0.3 is 5.32 Å². The molecule has 1 atom stereocenters. The summed E-state index contributed by atoms with van der Waals surface area (Å²) in [5.41, 5.74) is -0.556. The lowest BCUT2D eigenvalue weighted by atomic mass is 9.99. The van der Waals surface area contributed by atoms with Gasteiger partial charge in [-0.3, -0.25) is 10.1 Å². The summed E-state index contributed by atoms with van der Waals surface area (Å²) < 4.78 is 26.8. The highest BCUT2D eigenvalue weighted by Crippen LogP contribution is 2.28. The zero-order valence-corrected chi connectivity index (χ0v) is 11.4. The van der Waals surface area contributed by atoms with Crippen molar-refractivity contribution in [3.05, 3.63) is 39.4 Å². The molecular weight excluding hydrogens is 266 g/mol. The number of nitro groups is 1. The molecule has 0 spiro atoms. The Morgan fingerprint density at radius 3 is 2.60 bits per heavy atom. The number of benzene rings is 1. The lowest BCUT2D eigenvalue weighted by Gasteiger charge is -2.20. The van der Waals surface area contributed by atoms with Gasteiger partial charge in [0.1, 0.15) is 5.82 Å². The molecule has 1 aromatic carbocycles. The van der Waals surface area contributed by atoms with Gasteiger partial charge in [0.25, 0.3) is 0 Å². The van der Waals surface area contributed by atoms with Gasteiger partial charge in [0.15, 0.2) is 0 Å². The minimum absolute atomic E-state index is 0.128. The van der Waals surface area contributed by atoms with E-state index < -0.39 is 22.2 Å². The van der Waals surface area contributed by atoms with Gasteiger partial charge in [0.05, 0.1) is 4.92 Å². The van der Waals surface area contributed by atoms with Crippen LogP contribution in [0.25, 0.3) is 0 Å². The molecule has 4 nitrogen and oxygen atoms in total. The van der Waals surface area contributed by atoms with E-state index in [1.54, 1.807) is 0 Å². The van der Waals surface area contributed by atoms with Gasteiger partial charge in [0.2, 0.25) is 5.82 Å². The summed E-state index contributed by atoms with van der Waals surface area (Å²) in [5, 5.41) is 13.8. The van der Waals surface area contributed by atoms with Gasteiger partial charge in [-0.2, -0.15) is 4.39 Å². The van der Waals surface area contributed by atoms with Crippen molar-refractivity contribution in [1.29, 1.82) is 0 Å². The largest absolute Gasteiger partial charge is 0.310 e. The lowest BCUT2D eigenvalue weighted by Crippen LogP contribution is -2.32. The number of rotatable bonds is 5. The van der Waals surface area contributed by atoms with E-state index in [0.717, 1.165) is 18.9 Å². The van der Waals surface area contributed by atoms with E-state index >= 15 is 0 Å². The maximum Gasteiger partial charge on any atom is 0.305 e. The molecule has 110 valence electrons. The number of halogens is 2. The number of nitrogens with zero attached hydrogens (tertiary/aromatic N) is 1. The summed E-state index contributed by atoms with van der Waals surface area (Å²) in [6.45, 7) is 2.20. The Balaban J connectivity index is 2.05. The summed E-state index contributed by atoms with van der Waals surface area (Å²) >= 11 is 0. The molecular formula is C14H18F2N2O2. The molecule has 2 rings (SSSR count). The van der Waals surface area contributed by atoms with Crippen LogP contribution in [0.3, 0.4) is 0 Å². The first-order chi connectivity index (χ1) is 9.49. The van der Waals surface area contributed by atoms with Crippen molar-refractivity contribution < 1.29 is 13.7 Å². The summed E-state index contributed by atoms with van der Waals surface area (Å²) in [5.74, 6) is -1.33. The third-order valence-electron chi connectivity index (χ3n) is 4.03. The molecule has 0 unspecified atom stereocenters. The topological polar surface area (TPSA) is 55.2 Å². The summed E-state index contributed by atoms with van der Waals surface area (Å²) in [4.78, 5) is 9.82. The smallest absolute Gasteiger partial charge is 0.305 e. The molecule has 0 heterocycles. The molecule has 1 fully saturated rings. The molecule has 0 bridgehead atoms. The first-order valence-corrected chi connectivity index (χ1v) is 6.84. The van der Waals surface area contributed by atoms with E-state index in [1.807, 2.05) is 6.92 Å². The Bertz CT molecular complexity index is 502. The monoisotopic (exact) mass is 284 g/mol. The molecule has 6 heteroatoms. The Labute approximate surface area is 116 Å². The minimum Gasteiger partial charge on any atom is -0.310 e. The molecule has 1 saturated carbocycles. The SMILES string of the molecule is C[C@@H](NCc1cc([N+](=O)[O-])c(F)cc1F)C1CCCC1. The number of nitro benzene ring substituents is 1. The van der Waals surface area contributed by atoms with Gasteiger partial charge in [-0.25, -0.2) is 4.39 Å². The van der Waals surface area contributed by atoms with E-state index in [4.69, 9.17) is 0 Å². The normalized spacial score (nSPS) is 17.4. The molecule has 0 radical (unpaired) electrons. The Kier molecular flexibility index (Phi) is 4.65. The van der Waals surface area contributed by atoms with Crippen molar-refractivity contribution >= 4 is 5.69 Å². The van der Waals surface area contributed by atoms with Crippen molar-refractivity contribution in [2.45, 2.75) is 45.2 Å². The first kappa shape index (κ1) is 14.8. The van der Waals surface area contributed by atoms with E-state index in [1.165, 1.54) is 12.8 Å². The van der Waals surface area contributed by atoms with E-state index in [9.17, 15) is 18.9 Å². The molecule has 1 N–H and O–H groups in total. The van der Waals surface area contributed by atoms with Crippen LogP contribution in [0.15, 0.2) is 12.1 Å². The van der Waals surface area contributed by atoms with Crippen LogP contribution < -0.4 is 5.32 Å². The van der Waals surface area contributed by atoms with Crippen LogP contribution in [-0.4, -0.2) is 11.0 Å². The molecule has 0 aliphatic heterocycles. The van der Waals surface area contributed by atoms with Crippen LogP contribution in [-0.2, 0) is 6.54 Å². The van der Waals surface area contributed by atoms with Crippen LogP contribution in [0.4, 0.5) is 14.5 Å².